The van der Waals surface area contributed by atoms with Crippen molar-refractivity contribution < 1.29 is 14.4 Å². The van der Waals surface area contributed by atoms with Crippen LogP contribution >= 0.6 is 11.8 Å². The van der Waals surface area contributed by atoms with Crippen LogP contribution in [0.1, 0.15) is 40.5 Å². The lowest BCUT2D eigenvalue weighted by Crippen LogP contribution is -3.14. The Balaban J connectivity index is 1.66. The van der Waals surface area contributed by atoms with Gasteiger partial charge in [-0.2, -0.15) is 0 Å². The molecule has 6 nitrogen and oxygen atoms in total. The van der Waals surface area contributed by atoms with E-state index in [-0.39, 0.29) is 11.9 Å². The molecule has 2 aromatic rings. The van der Waals surface area contributed by atoms with Gasteiger partial charge in [-0.25, -0.2) is 9.97 Å². The second kappa shape index (κ2) is 10.9. The summed E-state index contributed by atoms with van der Waals surface area (Å²) < 4.78 is 5.49. The molecule has 1 amide bonds. The Kier molecular flexibility index (Phi) is 8.24. The van der Waals surface area contributed by atoms with Crippen LogP contribution in [0, 0.1) is 20.8 Å². The molecule has 3 rings (SSSR count). The summed E-state index contributed by atoms with van der Waals surface area (Å²) in [5.41, 5.74) is 5.39. The molecule has 2 N–H and O–H groups in total. The van der Waals surface area contributed by atoms with Gasteiger partial charge < -0.3 is 15.0 Å². The average Bonchev–Trinajstić information content (AvgIpc) is 2.74. The minimum absolute atomic E-state index is 0.00325. The van der Waals surface area contributed by atoms with Crippen molar-refractivity contribution in [1.29, 1.82) is 0 Å². The second-order valence-corrected chi connectivity index (χ2v) is 8.73. The largest absolute Gasteiger partial charge is 0.370 e. The van der Waals surface area contributed by atoms with E-state index in [1.54, 1.807) is 11.8 Å². The summed E-state index contributed by atoms with van der Waals surface area (Å²) in [7, 11) is 0. The van der Waals surface area contributed by atoms with Gasteiger partial charge in [0.15, 0.2) is 5.16 Å². The number of morpholine rings is 1. The number of carbonyl (C=O) groups excluding carboxylic acids is 1. The zero-order chi connectivity index (χ0) is 21.5. The maximum Gasteiger partial charge on any atom is 0.221 e. The molecule has 1 fully saturated rings. The fourth-order valence-corrected chi connectivity index (χ4v) is 4.33. The third-order valence-corrected chi connectivity index (χ3v) is 6.24. The molecule has 7 heteroatoms. The summed E-state index contributed by atoms with van der Waals surface area (Å²) in [5.74, 6) is 0.0703. The number of thioether (sulfide) groups is 1. The monoisotopic (exact) mass is 429 g/mol. The minimum atomic E-state index is 0.00325. The Hall–Kier alpha value is -1.96. The number of aryl methyl sites for hydroxylation is 3. The van der Waals surface area contributed by atoms with Crippen molar-refractivity contribution in [2.45, 2.75) is 44.8 Å². The van der Waals surface area contributed by atoms with Crippen LogP contribution in [0.5, 0.6) is 0 Å². The first-order chi connectivity index (χ1) is 14.5. The van der Waals surface area contributed by atoms with Crippen LogP contribution in [0.25, 0.3) is 0 Å². The highest BCUT2D eigenvalue weighted by Gasteiger charge is 2.23. The van der Waals surface area contributed by atoms with Crippen molar-refractivity contribution >= 4 is 17.7 Å². The van der Waals surface area contributed by atoms with E-state index >= 15 is 0 Å². The van der Waals surface area contributed by atoms with Crippen molar-refractivity contribution in [3.05, 3.63) is 52.3 Å². The lowest BCUT2D eigenvalue weighted by atomic mass is 10.0. The molecule has 30 heavy (non-hydrogen) atoms. The number of rotatable bonds is 8. The Morgan fingerprint density at radius 1 is 1.13 bits per heavy atom. The summed E-state index contributed by atoms with van der Waals surface area (Å²) in [5, 5.41) is 4.07. The number of carbonyl (C=O) groups is 1. The standard InChI is InChI=1S/C23H32N4O2S/c1-16-5-7-19(8-6-16)21(15-27-11-13-29-14-12-27)26-22(28)10-9-20-17(2)24-23(30-4)25-18(20)3/h5-8,21H,9-15H2,1-4H3,(H,26,28)/p+1/t21-/m0/s1. The number of amides is 1. The van der Waals surface area contributed by atoms with Gasteiger partial charge in [0.2, 0.25) is 5.91 Å². The number of nitrogens with zero attached hydrogens (tertiary/aromatic N) is 2. The number of benzene rings is 1. The van der Waals surface area contributed by atoms with Crippen molar-refractivity contribution in [3.8, 4) is 0 Å². The van der Waals surface area contributed by atoms with Gasteiger partial charge in [-0.3, -0.25) is 4.79 Å². The Morgan fingerprint density at radius 2 is 1.77 bits per heavy atom. The Labute approximate surface area is 183 Å². The minimum Gasteiger partial charge on any atom is -0.370 e. The van der Waals surface area contributed by atoms with E-state index in [1.807, 2.05) is 20.1 Å². The molecule has 0 unspecified atom stereocenters. The third kappa shape index (κ3) is 6.27. The predicted molar refractivity (Wildman–Crippen MR) is 120 cm³/mol. The molecule has 1 aliphatic rings. The fraction of sp³-hybridized carbons (Fsp3) is 0.522. The average molecular weight is 430 g/mol. The van der Waals surface area contributed by atoms with Gasteiger partial charge in [0, 0.05) is 17.8 Å². The van der Waals surface area contributed by atoms with Crippen molar-refractivity contribution in [1.82, 2.24) is 15.3 Å². The Morgan fingerprint density at radius 3 is 2.37 bits per heavy atom. The van der Waals surface area contributed by atoms with Gasteiger partial charge in [0.1, 0.15) is 25.7 Å². The summed E-state index contributed by atoms with van der Waals surface area (Å²) >= 11 is 1.54. The molecule has 2 heterocycles. The number of aromatic nitrogens is 2. The van der Waals surface area contributed by atoms with E-state index in [2.05, 4.69) is 46.5 Å². The molecule has 0 aliphatic carbocycles. The van der Waals surface area contributed by atoms with Crippen LogP contribution in [-0.2, 0) is 16.0 Å². The molecule has 0 radical (unpaired) electrons. The molecule has 1 aromatic carbocycles. The number of hydrogen-bond donors (Lipinski definition) is 2. The number of ether oxygens (including phenoxy) is 1. The van der Waals surface area contributed by atoms with Gasteiger partial charge in [0.25, 0.3) is 0 Å². The zero-order valence-corrected chi connectivity index (χ0v) is 19.3. The summed E-state index contributed by atoms with van der Waals surface area (Å²) in [6, 6.07) is 8.48. The van der Waals surface area contributed by atoms with Crippen molar-refractivity contribution in [2.24, 2.45) is 0 Å². The van der Waals surface area contributed by atoms with E-state index in [0.29, 0.717) is 12.8 Å². The topological polar surface area (TPSA) is 68.5 Å². The molecule has 0 saturated carbocycles. The molecule has 1 atom stereocenters. The van der Waals surface area contributed by atoms with Gasteiger partial charge in [-0.05, 0) is 44.6 Å². The quantitative estimate of drug-likeness (QED) is 0.495. The lowest BCUT2D eigenvalue weighted by Gasteiger charge is -2.28. The molecule has 162 valence electrons. The van der Waals surface area contributed by atoms with Crippen LogP contribution < -0.4 is 10.2 Å². The third-order valence-electron chi connectivity index (χ3n) is 5.69. The smallest absolute Gasteiger partial charge is 0.221 e. The first kappa shape index (κ1) is 22.7. The summed E-state index contributed by atoms with van der Waals surface area (Å²) in [6.45, 7) is 10.5. The van der Waals surface area contributed by atoms with Crippen LogP contribution in [0.4, 0.5) is 0 Å². The van der Waals surface area contributed by atoms with E-state index in [0.717, 1.165) is 60.5 Å². The first-order valence-corrected chi connectivity index (χ1v) is 11.8. The van der Waals surface area contributed by atoms with E-state index < -0.39 is 0 Å². The molecule has 0 spiro atoms. The van der Waals surface area contributed by atoms with E-state index in [4.69, 9.17) is 4.74 Å². The van der Waals surface area contributed by atoms with E-state index in [9.17, 15) is 4.79 Å². The normalized spacial score (nSPS) is 15.7. The van der Waals surface area contributed by atoms with Crippen molar-refractivity contribution in [3.63, 3.8) is 0 Å². The predicted octanol–water partition coefficient (Wildman–Crippen LogP) is 1.83. The number of hydrogen-bond acceptors (Lipinski definition) is 5. The highest BCUT2D eigenvalue weighted by Crippen LogP contribution is 2.18. The summed E-state index contributed by atoms with van der Waals surface area (Å²) in [4.78, 5) is 23.4. The molecule has 1 saturated heterocycles. The Bertz CT molecular complexity index is 828. The maximum absolute atomic E-state index is 12.9. The van der Waals surface area contributed by atoms with Gasteiger partial charge in [0.05, 0.1) is 13.2 Å². The van der Waals surface area contributed by atoms with Crippen molar-refractivity contribution in [2.75, 3.05) is 39.1 Å². The highest BCUT2D eigenvalue weighted by atomic mass is 32.2. The number of quaternary nitrogens is 1. The molecular formula is C23H33N4O2S+. The number of nitrogens with one attached hydrogen (secondary N) is 2. The van der Waals surface area contributed by atoms with Gasteiger partial charge in [-0.15, -0.1) is 0 Å². The van der Waals surface area contributed by atoms with Crippen LogP contribution in [0.3, 0.4) is 0 Å². The highest BCUT2D eigenvalue weighted by molar-refractivity contribution is 7.98. The maximum atomic E-state index is 12.9. The molecule has 0 bridgehead atoms. The lowest BCUT2D eigenvalue weighted by molar-refractivity contribution is -0.909. The molecule has 1 aromatic heterocycles. The van der Waals surface area contributed by atoms with Gasteiger partial charge in [-0.1, -0.05) is 41.6 Å². The van der Waals surface area contributed by atoms with Gasteiger partial charge >= 0.3 is 0 Å². The molecular weight excluding hydrogens is 396 g/mol. The SMILES string of the molecule is CSc1nc(C)c(CCC(=O)N[C@@H](C[NH+]2CCOCC2)c2ccc(C)cc2)c(C)n1. The molecule has 1 aliphatic heterocycles. The van der Waals surface area contributed by atoms with E-state index in [1.165, 1.54) is 10.5 Å². The first-order valence-electron chi connectivity index (χ1n) is 10.6. The second-order valence-electron chi connectivity index (χ2n) is 7.96. The zero-order valence-electron chi connectivity index (χ0n) is 18.5. The summed E-state index contributed by atoms with van der Waals surface area (Å²) in [6.07, 6.45) is 3.07. The fourth-order valence-electron chi connectivity index (χ4n) is 3.87. The van der Waals surface area contributed by atoms with Crippen LogP contribution in [-0.4, -0.2) is 55.0 Å². The van der Waals surface area contributed by atoms with Crippen LogP contribution in [0.15, 0.2) is 29.4 Å². The van der Waals surface area contributed by atoms with Crippen LogP contribution in [0.2, 0.25) is 0 Å².